The number of nitro benzene ring substituents is 1. The number of hydrogen-bond acceptors (Lipinski definition) is 7. The van der Waals surface area contributed by atoms with E-state index in [4.69, 9.17) is 4.74 Å². The number of nitro groups is 1. The minimum atomic E-state index is -0.372. The molecule has 0 spiro atoms. The fourth-order valence-electron chi connectivity index (χ4n) is 4.08. The number of ether oxygens (including phenoxy) is 1. The third-order valence-electron chi connectivity index (χ3n) is 5.94. The molecule has 10 nitrogen and oxygen atoms in total. The minimum Gasteiger partial charge on any atom is -0.495 e. The Hall–Kier alpha value is -4.44. The Labute approximate surface area is 208 Å². The molecule has 0 atom stereocenters. The highest BCUT2D eigenvalue weighted by atomic mass is 16.6. The smallest absolute Gasteiger partial charge is 0.292 e. The van der Waals surface area contributed by atoms with Crippen LogP contribution < -0.4 is 20.3 Å². The van der Waals surface area contributed by atoms with Gasteiger partial charge >= 0.3 is 0 Å². The summed E-state index contributed by atoms with van der Waals surface area (Å²) in [6.07, 6.45) is 0. The molecule has 3 aromatic rings. The summed E-state index contributed by atoms with van der Waals surface area (Å²) in [4.78, 5) is 40.0. The molecule has 0 bridgehead atoms. The van der Waals surface area contributed by atoms with Crippen molar-refractivity contribution in [2.24, 2.45) is 0 Å². The lowest BCUT2D eigenvalue weighted by atomic mass is 10.2. The lowest BCUT2D eigenvalue weighted by Gasteiger charge is -2.35. The van der Waals surface area contributed by atoms with E-state index >= 15 is 0 Å². The molecule has 0 aromatic heterocycles. The fourth-order valence-corrected chi connectivity index (χ4v) is 4.08. The van der Waals surface area contributed by atoms with Gasteiger partial charge in [-0.2, -0.15) is 0 Å². The van der Waals surface area contributed by atoms with E-state index in [2.05, 4.69) is 10.6 Å². The van der Waals surface area contributed by atoms with Crippen molar-refractivity contribution in [2.45, 2.75) is 0 Å². The lowest BCUT2D eigenvalue weighted by Crippen LogP contribution is -2.48. The molecule has 2 amide bonds. The molecule has 1 aliphatic rings. The van der Waals surface area contributed by atoms with Crippen molar-refractivity contribution in [1.82, 2.24) is 4.90 Å². The van der Waals surface area contributed by atoms with Crippen molar-refractivity contribution in [3.8, 4) is 5.75 Å². The Balaban J connectivity index is 1.27. The van der Waals surface area contributed by atoms with Crippen molar-refractivity contribution >= 4 is 34.6 Å². The molecule has 2 N–H and O–H groups in total. The summed E-state index contributed by atoms with van der Waals surface area (Å²) in [6, 6.07) is 20.5. The van der Waals surface area contributed by atoms with Crippen molar-refractivity contribution < 1.29 is 19.2 Å². The Morgan fingerprint density at radius 3 is 2.28 bits per heavy atom. The largest absolute Gasteiger partial charge is 0.495 e. The molecule has 0 aliphatic carbocycles. The second-order valence-electron chi connectivity index (χ2n) is 8.29. The fraction of sp³-hybridized carbons (Fsp3) is 0.231. The first-order valence-corrected chi connectivity index (χ1v) is 11.5. The minimum absolute atomic E-state index is 0.0868. The molecular weight excluding hydrogens is 462 g/mol. The average molecular weight is 490 g/mol. The van der Waals surface area contributed by atoms with Crippen molar-refractivity contribution in [3.63, 3.8) is 0 Å². The summed E-state index contributed by atoms with van der Waals surface area (Å²) in [5, 5.41) is 17.0. The highest BCUT2D eigenvalue weighted by Crippen LogP contribution is 2.28. The molecule has 4 rings (SSSR count). The van der Waals surface area contributed by atoms with E-state index in [1.807, 2.05) is 21.9 Å². The number of rotatable bonds is 8. The van der Waals surface area contributed by atoms with E-state index < -0.39 is 0 Å². The van der Waals surface area contributed by atoms with Gasteiger partial charge in [-0.15, -0.1) is 0 Å². The molecule has 3 aromatic carbocycles. The third kappa shape index (κ3) is 5.97. The number of nitrogens with one attached hydrogen (secondary N) is 2. The average Bonchev–Trinajstić information content (AvgIpc) is 2.89. The van der Waals surface area contributed by atoms with E-state index in [1.165, 1.54) is 13.2 Å². The van der Waals surface area contributed by atoms with Gasteiger partial charge in [-0.25, -0.2) is 0 Å². The van der Waals surface area contributed by atoms with E-state index in [-0.39, 0.29) is 29.0 Å². The summed E-state index contributed by atoms with van der Waals surface area (Å²) >= 11 is 0. The number of para-hydroxylation sites is 4. The monoisotopic (exact) mass is 489 g/mol. The predicted molar refractivity (Wildman–Crippen MR) is 138 cm³/mol. The van der Waals surface area contributed by atoms with E-state index in [0.717, 1.165) is 0 Å². The molecule has 0 unspecified atom stereocenters. The number of benzene rings is 3. The number of piperazine rings is 1. The van der Waals surface area contributed by atoms with Gasteiger partial charge in [-0.1, -0.05) is 24.3 Å². The number of hydrogen-bond donors (Lipinski definition) is 2. The number of nitrogens with zero attached hydrogens (tertiary/aromatic N) is 3. The van der Waals surface area contributed by atoms with Crippen molar-refractivity contribution in [2.75, 3.05) is 55.4 Å². The molecular formula is C26H27N5O5. The first kappa shape index (κ1) is 24.7. The molecule has 0 saturated carbocycles. The van der Waals surface area contributed by atoms with Crippen LogP contribution in [-0.2, 0) is 4.79 Å². The number of anilines is 3. The number of carbonyl (C=O) groups is 2. The van der Waals surface area contributed by atoms with Crippen LogP contribution in [0.4, 0.5) is 22.7 Å². The van der Waals surface area contributed by atoms with Gasteiger partial charge in [0, 0.05) is 43.5 Å². The van der Waals surface area contributed by atoms with Gasteiger partial charge in [0.2, 0.25) is 5.91 Å². The topological polar surface area (TPSA) is 117 Å². The standard InChI is InChI=1S/C26H27N5O5/c1-36-24-9-5-2-6-21(24)28-26(33)19-10-12-20(13-11-19)27-25(32)18-29-14-16-30(17-15-29)22-7-3-4-8-23(22)31(34)35/h2-13H,14-18H2,1H3,(H,27,32)(H,28,33). The SMILES string of the molecule is COc1ccccc1NC(=O)c1ccc(NC(=O)CN2CCN(c3ccccc3[N+](=O)[O-])CC2)cc1. The third-order valence-corrected chi connectivity index (χ3v) is 5.94. The van der Waals surface area contributed by atoms with Crippen LogP contribution in [0.5, 0.6) is 5.75 Å². The van der Waals surface area contributed by atoms with Crippen LogP contribution in [0, 0.1) is 10.1 Å². The zero-order chi connectivity index (χ0) is 25.5. The highest BCUT2D eigenvalue weighted by molar-refractivity contribution is 6.05. The quantitative estimate of drug-likeness (QED) is 0.367. The molecule has 36 heavy (non-hydrogen) atoms. The summed E-state index contributed by atoms with van der Waals surface area (Å²) in [5.41, 5.74) is 2.30. The van der Waals surface area contributed by atoms with Crippen LogP contribution in [0.1, 0.15) is 10.4 Å². The van der Waals surface area contributed by atoms with Gasteiger partial charge in [0.05, 0.1) is 24.3 Å². The number of carbonyl (C=O) groups excluding carboxylic acids is 2. The van der Waals surface area contributed by atoms with Crippen LogP contribution in [0.15, 0.2) is 72.8 Å². The van der Waals surface area contributed by atoms with Crippen LogP contribution in [0.2, 0.25) is 0 Å². The van der Waals surface area contributed by atoms with Crippen LogP contribution in [0.3, 0.4) is 0 Å². The molecule has 1 fully saturated rings. The maximum Gasteiger partial charge on any atom is 0.292 e. The van der Waals surface area contributed by atoms with Gasteiger partial charge in [-0.05, 0) is 42.5 Å². The second-order valence-corrected chi connectivity index (χ2v) is 8.29. The maximum absolute atomic E-state index is 12.6. The number of amides is 2. The van der Waals surface area contributed by atoms with Gasteiger partial charge < -0.3 is 20.3 Å². The van der Waals surface area contributed by atoms with Gasteiger partial charge in [0.25, 0.3) is 11.6 Å². The second kappa shape index (κ2) is 11.3. The Bertz CT molecular complexity index is 1240. The van der Waals surface area contributed by atoms with Crippen LogP contribution in [-0.4, -0.2) is 61.5 Å². The molecule has 186 valence electrons. The van der Waals surface area contributed by atoms with E-state index in [9.17, 15) is 19.7 Å². The Morgan fingerprint density at radius 2 is 1.58 bits per heavy atom. The summed E-state index contributed by atoms with van der Waals surface area (Å²) < 4.78 is 5.25. The van der Waals surface area contributed by atoms with Crippen molar-refractivity contribution in [3.05, 3.63) is 88.5 Å². The first-order valence-electron chi connectivity index (χ1n) is 11.5. The summed E-state index contributed by atoms with van der Waals surface area (Å²) in [7, 11) is 1.54. The highest BCUT2D eigenvalue weighted by Gasteiger charge is 2.24. The Morgan fingerprint density at radius 1 is 0.917 bits per heavy atom. The zero-order valence-electron chi connectivity index (χ0n) is 19.8. The molecule has 0 radical (unpaired) electrons. The molecule has 10 heteroatoms. The Kier molecular flexibility index (Phi) is 7.76. The summed E-state index contributed by atoms with van der Waals surface area (Å²) in [6.45, 7) is 2.62. The first-order chi connectivity index (χ1) is 17.4. The van der Waals surface area contributed by atoms with Gasteiger partial charge in [0.1, 0.15) is 11.4 Å². The zero-order valence-corrected chi connectivity index (χ0v) is 19.8. The molecule has 1 aliphatic heterocycles. The van der Waals surface area contributed by atoms with Crippen LogP contribution >= 0.6 is 0 Å². The van der Waals surface area contributed by atoms with Gasteiger partial charge in [-0.3, -0.25) is 24.6 Å². The lowest BCUT2D eigenvalue weighted by molar-refractivity contribution is -0.384. The summed E-state index contributed by atoms with van der Waals surface area (Å²) in [5.74, 6) is 0.117. The predicted octanol–water partition coefficient (Wildman–Crippen LogP) is 3.62. The van der Waals surface area contributed by atoms with E-state index in [0.29, 0.717) is 54.6 Å². The molecule has 1 heterocycles. The van der Waals surface area contributed by atoms with E-state index in [1.54, 1.807) is 54.6 Å². The van der Waals surface area contributed by atoms with Gasteiger partial charge in [0.15, 0.2) is 0 Å². The van der Waals surface area contributed by atoms with Crippen molar-refractivity contribution in [1.29, 1.82) is 0 Å². The molecule has 1 saturated heterocycles. The number of methoxy groups -OCH3 is 1. The normalized spacial score (nSPS) is 13.6. The van der Waals surface area contributed by atoms with Crippen LogP contribution in [0.25, 0.3) is 0 Å². The maximum atomic E-state index is 12.6.